The first-order chi connectivity index (χ1) is 11.6. The Labute approximate surface area is 155 Å². The van der Waals surface area contributed by atoms with Crippen LogP contribution in [0.25, 0.3) is 0 Å². The molecule has 0 radical (unpaired) electrons. The third-order valence-corrected chi connectivity index (χ3v) is 5.26. The fourth-order valence-electron chi connectivity index (χ4n) is 3.88. The topological polar surface area (TPSA) is 61.4 Å². The van der Waals surface area contributed by atoms with Crippen LogP contribution in [0, 0.1) is 0 Å². The number of benzene rings is 1. The number of carbonyl (C=O) groups excluding carboxylic acids is 2. The maximum Gasteiger partial charge on any atom is 0.224 e. The molecule has 1 aromatic carbocycles. The third-order valence-electron chi connectivity index (χ3n) is 5.26. The van der Waals surface area contributed by atoms with E-state index in [1.807, 2.05) is 42.3 Å². The highest BCUT2D eigenvalue weighted by atomic mass is 35.5. The van der Waals surface area contributed by atoms with Crippen molar-refractivity contribution in [3.8, 4) is 0 Å². The Morgan fingerprint density at radius 2 is 1.80 bits per heavy atom. The van der Waals surface area contributed by atoms with Crippen molar-refractivity contribution in [2.75, 3.05) is 13.6 Å². The van der Waals surface area contributed by atoms with Gasteiger partial charge in [0.15, 0.2) is 0 Å². The molecule has 3 rings (SSSR count). The summed E-state index contributed by atoms with van der Waals surface area (Å²) in [4.78, 5) is 26.2. The monoisotopic (exact) mass is 365 g/mol. The van der Waals surface area contributed by atoms with Gasteiger partial charge in [-0.05, 0) is 31.2 Å². The van der Waals surface area contributed by atoms with Gasteiger partial charge in [0.25, 0.3) is 0 Å². The van der Waals surface area contributed by atoms with Crippen LogP contribution in [-0.2, 0) is 16.0 Å². The van der Waals surface area contributed by atoms with Crippen molar-refractivity contribution in [1.82, 2.24) is 15.5 Å². The maximum atomic E-state index is 12.4. The first-order valence-electron chi connectivity index (χ1n) is 8.94. The molecule has 2 unspecified atom stereocenters. The molecule has 0 aromatic heterocycles. The summed E-state index contributed by atoms with van der Waals surface area (Å²) in [5.41, 5.74) is 0.989. The van der Waals surface area contributed by atoms with E-state index >= 15 is 0 Å². The third kappa shape index (κ3) is 5.44. The molecular formula is C19H28ClN3O2. The number of fused-ring (bicyclic) bond motifs is 2. The van der Waals surface area contributed by atoms with Gasteiger partial charge >= 0.3 is 0 Å². The second kappa shape index (κ2) is 9.20. The van der Waals surface area contributed by atoms with Gasteiger partial charge in [0.05, 0.1) is 6.42 Å². The molecule has 2 aliphatic rings. The summed E-state index contributed by atoms with van der Waals surface area (Å²) in [6.45, 7) is 0.409. The van der Waals surface area contributed by atoms with Crippen LogP contribution in [0.2, 0.25) is 0 Å². The Bertz CT molecular complexity index is 569. The van der Waals surface area contributed by atoms with Gasteiger partial charge < -0.3 is 15.5 Å². The minimum Gasteiger partial charge on any atom is -0.355 e. The van der Waals surface area contributed by atoms with Crippen molar-refractivity contribution in [3.05, 3.63) is 35.9 Å². The number of piperidine rings is 1. The summed E-state index contributed by atoms with van der Waals surface area (Å²) in [6, 6.07) is 11.2. The van der Waals surface area contributed by atoms with Crippen molar-refractivity contribution in [1.29, 1.82) is 0 Å². The highest BCUT2D eigenvalue weighted by molar-refractivity contribution is 5.85. The minimum atomic E-state index is -0.0310. The fraction of sp³-hybridized carbons (Fsp3) is 0.579. The molecule has 138 valence electrons. The summed E-state index contributed by atoms with van der Waals surface area (Å²) >= 11 is 0. The average Bonchev–Trinajstić information content (AvgIpc) is 2.93. The average molecular weight is 366 g/mol. The van der Waals surface area contributed by atoms with Crippen molar-refractivity contribution >= 4 is 24.2 Å². The molecule has 2 N–H and O–H groups in total. The van der Waals surface area contributed by atoms with E-state index in [2.05, 4.69) is 10.6 Å². The molecule has 25 heavy (non-hydrogen) atoms. The number of nitrogens with one attached hydrogen (secondary N) is 2. The Morgan fingerprint density at radius 3 is 2.44 bits per heavy atom. The molecule has 2 saturated heterocycles. The number of halogens is 1. The largest absolute Gasteiger partial charge is 0.355 e. The zero-order chi connectivity index (χ0) is 16.9. The minimum absolute atomic E-state index is 0. The first-order valence-corrected chi connectivity index (χ1v) is 8.94. The predicted molar refractivity (Wildman–Crippen MR) is 101 cm³/mol. The lowest BCUT2D eigenvalue weighted by molar-refractivity contribution is -0.132. The van der Waals surface area contributed by atoms with Gasteiger partial charge in [0.2, 0.25) is 11.8 Å². The molecule has 0 spiro atoms. The van der Waals surface area contributed by atoms with Crippen LogP contribution < -0.4 is 10.6 Å². The van der Waals surface area contributed by atoms with E-state index in [9.17, 15) is 9.59 Å². The van der Waals surface area contributed by atoms with E-state index in [1.54, 1.807) is 0 Å². The predicted octanol–water partition coefficient (Wildman–Crippen LogP) is 1.90. The quantitative estimate of drug-likeness (QED) is 0.809. The van der Waals surface area contributed by atoms with Gasteiger partial charge in [-0.25, -0.2) is 0 Å². The summed E-state index contributed by atoms with van der Waals surface area (Å²) in [5.74, 6) is 0.0953. The van der Waals surface area contributed by atoms with Gasteiger partial charge in [-0.15, -0.1) is 12.4 Å². The van der Waals surface area contributed by atoms with Crippen LogP contribution >= 0.6 is 12.4 Å². The summed E-state index contributed by atoms with van der Waals surface area (Å²) in [6.07, 6.45) is 5.31. The van der Waals surface area contributed by atoms with Crippen molar-refractivity contribution < 1.29 is 9.59 Å². The number of rotatable bonds is 6. The molecule has 2 atom stereocenters. The Hall–Kier alpha value is -1.59. The first kappa shape index (κ1) is 19.7. The summed E-state index contributed by atoms with van der Waals surface area (Å²) < 4.78 is 0. The van der Waals surface area contributed by atoms with E-state index in [1.165, 1.54) is 12.8 Å². The Morgan fingerprint density at radius 1 is 1.16 bits per heavy atom. The maximum absolute atomic E-state index is 12.4. The molecule has 0 aliphatic carbocycles. The second-order valence-electron chi connectivity index (χ2n) is 7.03. The van der Waals surface area contributed by atoms with Crippen molar-refractivity contribution in [2.45, 2.75) is 56.7 Å². The van der Waals surface area contributed by atoms with E-state index in [0.29, 0.717) is 37.5 Å². The Kier molecular flexibility index (Phi) is 7.26. The standard InChI is InChI=1S/C19H27N3O2.ClH/c1-22(17-12-15-7-8-16(13-17)21-15)19(24)9-10-20-18(23)11-14-5-3-2-4-6-14;/h2-6,15-17,21H,7-13H2,1H3,(H,20,23);1H. The summed E-state index contributed by atoms with van der Waals surface area (Å²) in [5, 5.41) is 6.45. The van der Waals surface area contributed by atoms with Crippen LogP contribution in [-0.4, -0.2) is 48.4 Å². The summed E-state index contributed by atoms with van der Waals surface area (Å²) in [7, 11) is 1.91. The van der Waals surface area contributed by atoms with E-state index in [4.69, 9.17) is 0 Å². The zero-order valence-electron chi connectivity index (χ0n) is 14.7. The van der Waals surface area contributed by atoms with E-state index < -0.39 is 0 Å². The number of hydrogen-bond acceptors (Lipinski definition) is 3. The smallest absolute Gasteiger partial charge is 0.224 e. The van der Waals surface area contributed by atoms with Gasteiger partial charge in [-0.3, -0.25) is 9.59 Å². The lowest BCUT2D eigenvalue weighted by atomic mass is 9.98. The highest BCUT2D eigenvalue weighted by Gasteiger charge is 2.36. The molecule has 2 heterocycles. The number of nitrogens with zero attached hydrogens (tertiary/aromatic N) is 1. The Balaban J connectivity index is 0.00000225. The molecule has 2 bridgehead atoms. The van der Waals surface area contributed by atoms with Gasteiger partial charge in [-0.2, -0.15) is 0 Å². The van der Waals surface area contributed by atoms with Crippen molar-refractivity contribution in [2.24, 2.45) is 0 Å². The van der Waals surface area contributed by atoms with Crippen LogP contribution in [0.3, 0.4) is 0 Å². The molecule has 2 fully saturated rings. The van der Waals surface area contributed by atoms with Gasteiger partial charge in [0.1, 0.15) is 0 Å². The van der Waals surface area contributed by atoms with Gasteiger partial charge in [0, 0.05) is 38.1 Å². The molecule has 2 amide bonds. The number of amides is 2. The zero-order valence-corrected chi connectivity index (χ0v) is 15.6. The molecule has 1 aromatic rings. The number of carbonyl (C=O) groups is 2. The molecule has 0 saturated carbocycles. The molecule has 2 aliphatic heterocycles. The SMILES string of the molecule is CN(C(=O)CCNC(=O)Cc1ccccc1)C1CC2CCC(C1)N2.Cl. The normalized spacial score (nSPS) is 24.3. The van der Waals surface area contributed by atoms with Crippen molar-refractivity contribution in [3.63, 3.8) is 0 Å². The second-order valence-corrected chi connectivity index (χ2v) is 7.03. The van der Waals surface area contributed by atoms with Crippen LogP contribution in [0.4, 0.5) is 0 Å². The van der Waals surface area contributed by atoms with Crippen LogP contribution in [0.5, 0.6) is 0 Å². The van der Waals surface area contributed by atoms with E-state index in [0.717, 1.165) is 18.4 Å². The molecule has 5 nitrogen and oxygen atoms in total. The van der Waals surface area contributed by atoms with Crippen LogP contribution in [0.15, 0.2) is 30.3 Å². The van der Waals surface area contributed by atoms with E-state index in [-0.39, 0.29) is 24.2 Å². The van der Waals surface area contributed by atoms with Crippen LogP contribution in [0.1, 0.15) is 37.7 Å². The fourth-order valence-corrected chi connectivity index (χ4v) is 3.88. The van der Waals surface area contributed by atoms with Gasteiger partial charge in [-0.1, -0.05) is 30.3 Å². The molecule has 6 heteroatoms. The highest BCUT2D eigenvalue weighted by Crippen LogP contribution is 2.29. The number of hydrogen-bond donors (Lipinski definition) is 2. The lowest BCUT2D eigenvalue weighted by Gasteiger charge is -2.35. The lowest BCUT2D eigenvalue weighted by Crippen LogP contribution is -2.49. The molecular weight excluding hydrogens is 338 g/mol.